The van der Waals surface area contributed by atoms with Crippen molar-refractivity contribution in [3.05, 3.63) is 47.5 Å². The number of hydrogen-bond donors (Lipinski definition) is 2. The lowest BCUT2D eigenvalue weighted by molar-refractivity contribution is -0.122. The van der Waals surface area contributed by atoms with Gasteiger partial charge in [0.25, 0.3) is 5.91 Å². The van der Waals surface area contributed by atoms with Crippen LogP contribution in [0.5, 0.6) is 11.5 Å². The average Bonchev–Trinajstić information content (AvgIpc) is 2.56. The highest BCUT2D eigenvalue weighted by molar-refractivity contribution is 5.99. The fraction of sp³-hybridized carbons (Fsp3) is 0.263. The second-order valence-corrected chi connectivity index (χ2v) is 6.00. The minimum Gasteiger partial charge on any atom is -0.496 e. The topological polar surface area (TPSA) is 76.7 Å². The molecule has 0 radical (unpaired) electrons. The Bertz CT molecular complexity index is 832. The van der Waals surface area contributed by atoms with Crippen LogP contribution >= 0.6 is 0 Å². The van der Waals surface area contributed by atoms with Crippen molar-refractivity contribution in [2.75, 3.05) is 17.7 Å². The van der Waals surface area contributed by atoms with Gasteiger partial charge in [-0.05, 0) is 38.1 Å². The van der Waals surface area contributed by atoms with E-state index in [2.05, 4.69) is 10.6 Å². The van der Waals surface area contributed by atoms with Crippen molar-refractivity contribution in [2.24, 2.45) is 0 Å². The molecule has 0 aliphatic carbocycles. The SMILES string of the molecule is COc1ccc(C)cc1CC(=O)Nc1ccc2c(c1)NC(=O)[C@H](C)O2. The van der Waals surface area contributed by atoms with Crippen LogP contribution in [0.2, 0.25) is 0 Å². The predicted octanol–water partition coefficient (Wildman–Crippen LogP) is 2.90. The zero-order chi connectivity index (χ0) is 18.0. The molecule has 0 saturated carbocycles. The van der Waals surface area contributed by atoms with E-state index in [-0.39, 0.29) is 18.2 Å². The molecule has 2 N–H and O–H groups in total. The van der Waals surface area contributed by atoms with Gasteiger partial charge in [0.05, 0.1) is 19.2 Å². The van der Waals surface area contributed by atoms with Crippen LogP contribution in [0.15, 0.2) is 36.4 Å². The minimum atomic E-state index is -0.526. The summed E-state index contributed by atoms with van der Waals surface area (Å²) < 4.78 is 10.8. The Balaban J connectivity index is 1.73. The second-order valence-electron chi connectivity index (χ2n) is 6.00. The molecule has 2 aromatic rings. The van der Waals surface area contributed by atoms with Gasteiger partial charge in [-0.2, -0.15) is 0 Å². The average molecular weight is 340 g/mol. The van der Waals surface area contributed by atoms with Crippen LogP contribution in [-0.2, 0) is 16.0 Å². The molecular weight excluding hydrogens is 320 g/mol. The van der Waals surface area contributed by atoms with Gasteiger partial charge in [0.2, 0.25) is 5.91 Å². The summed E-state index contributed by atoms with van der Waals surface area (Å²) in [6.07, 6.45) is -0.330. The highest BCUT2D eigenvalue weighted by Crippen LogP contribution is 2.32. The molecule has 0 bridgehead atoms. The summed E-state index contributed by atoms with van der Waals surface area (Å²) in [5, 5.41) is 5.60. The molecule has 0 spiro atoms. The van der Waals surface area contributed by atoms with Crippen LogP contribution in [0, 0.1) is 6.92 Å². The molecule has 1 atom stereocenters. The van der Waals surface area contributed by atoms with Crippen molar-refractivity contribution >= 4 is 23.2 Å². The van der Waals surface area contributed by atoms with Crippen LogP contribution in [0.25, 0.3) is 0 Å². The number of amides is 2. The molecule has 3 rings (SSSR count). The summed E-state index contributed by atoms with van der Waals surface area (Å²) in [5.74, 6) is 0.895. The first-order chi connectivity index (χ1) is 12.0. The van der Waals surface area contributed by atoms with E-state index in [0.29, 0.717) is 22.9 Å². The van der Waals surface area contributed by atoms with Crippen molar-refractivity contribution in [1.29, 1.82) is 0 Å². The lowest BCUT2D eigenvalue weighted by atomic mass is 10.1. The number of methoxy groups -OCH3 is 1. The molecule has 1 aliphatic heterocycles. The quantitative estimate of drug-likeness (QED) is 0.897. The number of ether oxygens (including phenoxy) is 2. The monoisotopic (exact) mass is 340 g/mol. The maximum atomic E-state index is 12.4. The molecule has 25 heavy (non-hydrogen) atoms. The minimum absolute atomic E-state index is 0.166. The van der Waals surface area contributed by atoms with Crippen molar-refractivity contribution in [3.63, 3.8) is 0 Å². The van der Waals surface area contributed by atoms with Crippen LogP contribution in [0.3, 0.4) is 0 Å². The van der Waals surface area contributed by atoms with Crippen LogP contribution < -0.4 is 20.1 Å². The zero-order valence-electron chi connectivity index (χ0n) is 14.4. The first kappa shape index (κ1) is 16.8. The number of nitrogens with one attached hydrogen (secondary N) is 2. The molecule has 1 heterocycles. The van der Waals surface area contributed by atoms with Crippen molar-refractivity contribution < 1.29 is 19.1 Å². The highest BCUT2D eigenvalue weighted by Gasteiger charge is 2.23. The molecule has 6 nitrogen and oxygen atoms in total. The lowest BCUT2D eigenvalue weighted by Gasteiger charge is -2.23. The van der Waals surface area contributed by atoms with E-state index < -0.39 is 6.10 Å². The van der Waals surface area contributed by atoms with E-state index in [9.17, 15) is 9.59 Å². The number of aryl methyl sites for hydroxylation is 1. The van der Waals surface area contributed by atoms with Gasteiger partial charge >= 0.3 is 0 Å². The molecule has 1 aliphatic rings. The first-order valence-electron chi connectivity index (χ1n) is 8.01. The van der Waals surface area contributed by atoms with Gasteiger partial charge in [0, 0.05) is 11.3 Å². The lowest BCUT2D eigenvalue weighted by Crippen LogP contribution is -2.34. The third-order valence-corrected chi connectivity index (χ3v) is 3.98. The van der Waals surface area contributed by atoms with Crippen molar-refractivity contribution in [2.45, 2.75) is 26.4 Å². The summed E-state index contributed by atoms with van der Waals surface area (Å²) in [5.41, 5.74) is 3.03. The Morgan fingerprint density at radius 3 is 2.84 bits per heavy atom. The smallest absolute Gasteiger partial charge is 0.265 e. The third kappa shape index (κ3) is 3.74. The Morgan fingerprint density at radius 2 is 2.08 bits per heavy atom. The van der Waals surface area contributed by atoms with E-state index in [1.54, 1.807) is 32.2 Å². The Kier molecular flexibility index (Phi) is 4.61. The largest absolute Gasteiger partial charge is 0.496 e. The Hall–Kier alpha value is -3.02. The summed E-state index contributed by atoms with van der Waals surface area (Å²) in [4.78, 5) is 24.1. The van der Waals surface area contributed by atoms with Gasteiger partial charge in [-0.1, -0.05) is 17.7 Å². The number of rotatable bonds is 4. The number of fused-ring (bicyclic) bond motifs is 1. The van der Waals surface area contributed by atoms with E-state index in [4.69, 9.17) is 9.47 Å². The molecule has 6 heteroatoms. The van der Waals surface area contributed by atoms with Gasteiger partial charge in [0.1, 0.15) is 11.5 Å². The number of carbonyl (C=O) groups excluding carboxylic acids is 2. The third-order valence-electron chi connectivity index (χ3n) is 3.98. The molecular formula is C19H20N2O4. The van der Waals surface area contributed by atoms with E-state index >= 15 is 0 Å². The molecule has 0 fully saturated rings. The van der Waals surface area contributed by atoms with Crippen molar-refractivity contribution in [1.82, 2.24) is 0 Å². The van der Waals surface area contributed by atoms with Gasteiger partial charge < -0.3 is 20.1 Å². The number of carbonyl (C=O) groups is 2. The maximum Gasteiger partial charge on any atom is 0.265 e. The fourth-order valence-corrected chi connectivity index (χ4v) is 2.71. The van der Waals surface area contributed by atoms with E-state index in [1.807, 2.05) is 25.1 Å². The number of anilines is 2. The van der Waals surface area contributed by atoms with Gasteiger partial charge in [-0.25, -0.2) is 0 Å². The zero-order valence-corrected chi connectivity index (χ0v) is 14.4. The second kappa shape index (κ2) is 6.84. The summed E-state index contributed by atoms with van der Waals surface area (Å²) in [6, 6.07) is 10.9. The van der Waals surface area contributed by atoms with E-state index in [1.165, 1.54) is 0 Å². The molecule has 130 valence electrons. The highest BCUT2D eigenvalue weighted by atomic mass is 16.5. The summed E-state index contributed by atoms with van der Waals surface area (Å²) in [6.45, 7) is 3.65. The van der Waals surface area contributed by atoms with Gasteiger partial charge in [-0.15, -0.1) is 0 Å². The van der Waals surface area contributed by atoms with Gasteiger partial charge in [0.15, 0.2) is 6.10 Å². The van der Waals surface area contributed by atoms with Crippen LogP contribution in [0.1, 0.15) is 18.1 Å². The normalized spacial score (nSPS) is 15.6. The Labute approximate surface area is 146 Å². The number of hydrogen-bond acceptors (Lipinski definition) is 4. The fourth-order valence-electron chi connectivity index (χ4n) is 2.71. The van der Waals surface area contributed by atoms with Crippen LogP contribution in [0.4, 0.5) is 11.4 Å². The van der Waals surface area contributed by atoms with E-state index in [0.717, 1.165) is 11.1 Å². The van der Waals surface area contributed by atoms with Gasteiger partial charge in [-0.3, -0.25) is 9.59 Å². The summed E-state index contributed by atoms with van der Waals surface area (Å²) in [7, 11) is 1.58. The number of benzene rings is 2. The Morgan fingerprint density at radius 1 is 1.28 bits per heavy atom. The first-order valence-corrected chi connectivity index (χ1v) is 8.01. The predicted molar refractivity (Wildman–Crippen MR) is 95.2 cm³/mol. The standard InChI is InChI=1S/C19H20N2O4/c1-11-4-6-16(24-3)13(8-11)9-18(22)20-14-5-7-17-15(10-14)21-19(23)12(2)25-17/h4-8,10,12H,9H2,1-3H3,(H,20,22)(H,21,23)/t12-/m0/s1. The molecule has 0 saturated heterocycles. The van der Waals surface area contributed by atoms with Crippen molar-refractivity contribution in [3.8, 4) is 11.5 Å². The molecule has 2 amide bonds. The maximum absolute atomic E-state index is 12.4. The van der Waals surface area contributed by atoms with Crippen LogP contribution in [-0.4, -0.2) is 25.0 Å². The summed E-state index contributed by atoms with van der Waals surface area (Å²) >= 11 is 0. The molecule has 2 aromatic carbocycles. The molecule has 0 unspecified atom stereocenters. The molecule has 0 aromatic heterocycles.